The first-order chi connectivity index (χ1) is 10.6. The van der Waals surface area contributed by atoms with Crippen molar-refractivity contribution in [2.24, 2.45) is 0 Å². The monoisotopic (exact) mass is 302 g/mol. The predicted molar refractivity (Wildman–Crippen MR) is 78.3 cm³/mol. The minimum absolute atomic E-state index is 0.276. The number of rotatable bonds is 9. The number of nitrogens with zero attached hydrogens (tertiary/aromatic N) is 2. The second kappa shape index (κ2) is 8.32. The lowest BCUT2D eigenvalue weighted by atomic mass is 9.88. The fraction of sp³-hybridized carbons (Fsp3) is 0.267. The number of benzene rings is 1. The third-order valence-electron chi connectivity index (χ3n) is 3.23. The maximum atomic E-state index is 10.9. The van der Waals surface area contributed by atoms with Crippen LogP contribution in [-0.4, -0.2) is 40.5 Å². The quantitative estimate of drug-likeness (QED) is 0.269. The second-order valence-corrected chi connectivity index (χ2v) is 4.47. The van der Waals surface area contributed by atoms with Crippen LogP contribution >= 0.6 is 0 Å². The highest BCUT2D eigenvalue weighted by molar-refractivity contribution is 5.53. The van der Waals surface area contributed by atoms with Gasteiger partial charge < -0.3 is 15.5 Å². The molecule has 0 saturated heterocycles. The van der Waals surface area contributed by atoms with Crippen LogP contribution in [0.25, 0.3) is 0 Å². The third-order valence-corrected chi connectivity index (χ3v) is 3.23. The van der Waals surface area contributed by atoms with Gasteiger partial charge in [0, 0.05) is 18.7 Å². The lowest BCUT2D eigenvalue weighted by Crippen LogP contribution is -2.35. The molecule has 1 rings (SSSR count). The molecule has 0 spiro atoms. The summed E-state index contributed by atoms with van der Waals surface area (Å²) in [6.07, 6.45) is 3.66. The molecule has 115 valence electrons. The molecule has 1 radical (unpaired) electrons. The van der Waals surface area contributed by atoms with E-state index in [0.717, 1.165) is 4.90 Å². The molecule has 2 atom stereocenters. The molecule has 0 aromatic heterocycles. The Hall–Kier alpha value is -3.01. The SMILES string of the molecule is C=CN([C]=O)C(C#N)C(CCNC=O)c1ccc(O)c(O)c1. The number of phenols is 2. The standard InChI is InChI=1S/C15H16N3O4/c1-2-18(10-20)13(8-16)12(5-6-17-9-19)11-3-4-14(21)15(22)7-11/h2-4,7,9,12-13,21-22H,1,5-6H2,(H,17,19). The van der Waals surface area contributed by atoms with E-state index >= 15 is 0 Å². The van der Waals surface area contributed by atoms with Gasteiger partial charge in [-0.3, -0.25) is 14.5 Å². The van der Waals surface area contributed by atoms with Gasteiger partial charge in [-0.05, 0) is 24.1 Å². The van der Waals surface area contributed by atoms with Crippen LogP contribution in [0.4, 0.5) is 0 Å². The number of nitrogens with one attached hydrogen (secondary N) is 1. The highest BCUT2D eigenvalue weighted by atomic mass is 16.3. The number of hydrogen-bond acceptors (Lipinski definition) is 5. The van der Waals surface area contributed by atoms with Crippen LogP contribution in [0.3, 0.4) is 0 Å². The van der Waals surface area contributed by atoms with E-state index < -0.39 is 12.0 Å². The fourth-order valence-electron chi connectivity index (χ4n) is 2.13. The van der Waals surface area contributed by atoms with Crippen LogP contribution in [0.5, 0.6) is 11.5 Å². The molecule has 0 heterocycles. The Bertz CT molecular complexity index is 575. The van der Waals surface area contributed by atoms with E-state index in [2.05, 4.69) is 11.9 Å². The molecule has 0 aliphatic heterocycles. The summed E-state index contributed by atoms with van der Waals surface area (Å²) in [4.78, 5) is 22.3. The van der Waals surface area contributed by atoms with Crippen LogP contribution in [0.15, 0.2) is 31.0 Å². The average Bonchev–Trinajstić information content (AvgIpc) is 2.53. The van der Waals surface area contributed by atoms with E-state index in [1.807, 2.05) is 6.07 Å². The zero-order chi connectivity index (χ0) is 16.5. The number of nitriles is 1. The number of carbonyl (C=O) groups excluding carboxylic acids is 2. The van der Waals surface area contributed by atoms with Gasteiger partial charge in [0.25, 0.3) is 0 Å². The third kappa shape index (κ3) is 3.99. The molecule has 7 nitrogen and oxygen atoms in total. The molecule has 22 heavy (non-hydrogen) atoms. The number of amides is 2. The van der Waals surface area contributed by atoms with Gasteiger partial charge in [0.2, 0.25) is 6.41 Å². The van der Waals surface area contributed by atoms with Crippen molar-refractivity contribution in [1.29, 1.82) is 5.26 Å². The Kier molecular flexibility index (Phi) is 6.44. The number of aromatic hydroxyl groups is 2. The molecule has 7 heteroatoms. The van der Waals surface area contributed by atoms with E-state index in [4.69, 9.17) is 0 Å². The summed E-state index contributed by atoms with van der Waals surface area (Å²) in [6.45, 7) is 3.73. The average molecular weight is 302 g/mol. The number of phenolic OH excluding ortho intramolecular Hbond substituents is 2. The first-order valence-electron chi connectivity index (χ1n) is 6.46. The molecule has 1 aromatic carbocycles. The zero-order valence-electron chi connectivity index (χ0n) is 11.8. The number of carbonyl (C=O) groups is 1. The lowest BCUT2D eigenvalue weighted by molar-refractivity contribution is -0.109. The lowest BCUT2D eigenvalue weighted by Gasteiger charge is -2.27. The van der Waals surface area contributed by atoms with E-state index in [1.54, 1.807) is 6.41 Å². The minimum Gasteiger partial charge on any atom is -0.504 e. The summed E-state index contributed by atoms with van der Waals surface area (Å²) in [6, 6.07) is 5.23. The maximum absolute atomic E-state index is 10.9. The van der Waals surface area contributed by atoms with Crippen molar-refractivity contribution < 1.29 is 19.8 Å². The maximum Gasteiger partial charge on any atom is 0.317 e. The summed E-state index contributed by atoms with van der Waals surface area (Å²) in [5, 5.41) is 30.8. The van der Waals surface area contributed by atoms with Crippen molar-refractivity contribution in [2.45, 2.75) is 18.4 Å². The predicted octanol–water partition coefficient (Wildman–Crippen LogP) is 0.722. The van der Waals surface area contributed by atoms with Crippen molar-refractivity contribution in [1.82, 2.24) is 10.2 Å². The highest BCUT2D eigenvalue weighted by Gasteiger charge is 2.28. The Morgan fingerprint density at radius 1 is 1.41 bits per heavy atom. The van der Waals surface area contributed by atoms with Crippen molar-refractivity contribution in [2.75, 3.05) is 6.54 Å². The van der Waals surface area contributed by atoms with E-state index in [0.29, 0.717) is 18.4 Å². The van der Waals surface area contributed by atoms with E-state index in [9.17, 15) is 25.1 Å². The Balaban J connectivity index is 3.17. The Labute approximate surface area is 128 Å². The van der Waals surface area contributed by atoms with E-state index in [1.165, 1.54) is 24.4 Å². The van der Waals surface area contributed by atoms with Crippen LogP contribution in [0, 0.1) is 11.3 Å². The van der Waals surface area contributed by atoms with Gasteiger partial charge in [-0.2, -0.15) is 5.26 Å². The largest absolute Gasteiger partial charge is 0.504 e. The van der Waals surface area contributed by atoms with Gasteiger partial charge in [-0.25, -0.2) is 0 Å². The van der Waals surface area contributed by atoms with Crippen molar-refractivity contribution in [3.63, 3.8) is 0 Å². The summed E-state index contributed by atoms with van der Waals surface area (Å²) >= 11 is 0. The van der Waals surface area contributed by atoms with Gasteiger partial charge in [-0.15, -0.1) is 0 Å². The van der Waals surface area contributed by atoms with Crippen molar-refractivity contribution in [3.8, 4) is 17.6 Å². The topological polar surface area (TPSA) is 114 Å². The Morgan fingerprint density at radius 3 is 2.64 bits per heavy atom. The minimum atomic E-state index is -0.910. The summed E-state index contributed by atoms with van der Waals surface area (Å²) in [5.41, 5.74) is 0.539. The molecule has 0 bridgehead atoms. The van der Waals surface area contributed by atoms with Crippen molar-refractivity contribution in [3.05, 3.63) is 36.5 Å². The molecule has 2 unspecified atom stereocenters. The molecule has 3 N–H and O–H groups in total. The summed E-state index contributed by atoms with van der Waals surface area (Å²) in [5.74, 6) is -1.13. The molecule has 0 fully saturated rings. The molecule has 0 aliphatic carbocycles. The smallest absolute Gasteiger partial charge is 0.317 e. The fourth-order valence-corrected chi connectivity index (χ4v) is 2.13. The Morgan fingerprint density at radius 2 is 2.14 bits per heavy atom. The van der Waals surface area contributed by atoms with Gasteiger partial charge in [0.1, 0.15) is 6.04 Å². The van der Waals surface area contributed by atoms with Gasteiger partial charge >= 0.3 is 6.41 Å². The first-order valence-corrected chi connectivity index (χ1v) is 6.46. The van der Waals surface area contributed by atoms with Gasteiger partial charge in [0.15, 0.2) is 11.5 Å². The van der Waals surface area contributed by atoms with Gasteiger partial charge in [0.05, 0.1) is 6.07 Å². The van der Waals surface area contributed by atoms with Crippen LogP contribution < -0.4 is 5.32 Å². The highest BCUT2D eigenvalue weighted by Crippen LogP contribution is 2.32. The molecular formula is C15H16N3O4. The normalized spacial score (nSPS) is 12.5. The molecule has 0 saturated carbocycles. The summed E-state index contributed by atoms with van der Waals surface area (Å²) in [7, 11) is 0. The zero-order valence-corrected chi connectivity index (χ0v) is 11.8. The van der Waals surface area contributed by atoms with Crippen LogP contribution in [0.1, 0.15) is 17.9 Å². The van der Waals surface area contributed by atoms with Crippen LogP contribution in [0.2, 0.25) is 0 Å². The second-order valence-electron chi connectivity index (χ2n) is 4.47. The van der Waals surface area contributed by atoms with E-state index in [-0.39, 0.29) is 18.0 Å². The molecule has 1 aromatic rings. The van der Waals surface area contributed by atoms with Gasteiger partial charge in [-0.1, -0.05) is 12.6 Å². The molecule has 0 aliphatic rings. The molecular weight excluding hydrogens is 286 g/mol. The molecule has 2 amide bonds. The van der Waals surface area contributed by atoms with Crippen LogP contribution in [-0.2, 0) is 9.59 Å². The summed E-state index contributed by atoms with van der Waals surface area (Å²) < 4.78 is 0. The number of hydrogen-bond donors (Lipinski definition) is 3. The first kappa shape index (κ1) is 17.0. The van der Waals surface area contributed by atoms with Crippen molar-refractivity contribution >= 4 is 12.8 Å².